The van der Waals surface area contributed by atoms with Gasteiger partial charge in [-0.1, -0.05) is 13.8 Å². The summed E-state index contributed by atoms with van der Waals surface area (Å²) in [4.78, 5) is 4.40. The quantitative estimate of drug-likeness (QED) is 0.772. The lowest BCUT2D eigenvalue weighted by atomic mass is 10.1. The molecule has 0 saturated heterocycles. The number of halogens is 1. The van der Waals surface area contributed by atoms with E-state index in [1.165, 1.54) is 12.8 Å². The molecule has 1 heterocycles. The smallest absolute Gasteiger partial charge is 0.124 e. The summed E-state index contributed by atoms with van der Waals surface area (Å²) >= 11 is 3.40. The monoisotopic (exact) mass is 255 g/mol. The maximum absolute atomic E-state index is 5.73. The van der Waals surface area contributed by atoms with E-state index in [0.717, 1.165) is 16.0 Å². The third-order valence-electron chi connectivity index (χ3n) is 2.21. The maximum atomic E-state index is 5.73. The first-order valence-corrected chi connectivity index (χ1v) is 5.78. The Morgan fingerprint density at radius 1 is 1.43 bits per heavy atom. The van der Waals surface area contributed by atoms with Gasteiger partial charge in [0.25, 0.3) is 0 Å². The Balaban J connectivity index is 2.21. The zero-order valence-corrected chi connectivity index (χ0v) is 10.0. The van der Waals surface area contributed by atoms with Crippen LogP contribution in [0.15, 0.2) is 16.7 Å². The summed E-state index contributed by atoms with van der Waals surface area (Å²) in [6.07, 6.45) is 2.83. The van der Waals surface area contributed by atoms with Crippen molar-refractivity contribution in [3.8, 4) is 5.75 Å². The Labute approximate surface area is 92.8 Å². The standard InChI is InChI=1S/C11H14BrNO/c1-7(2)10-5-9(6-11(12)13-10)14-8-3-4-8/h5-8H,3-4H2,1-2H3. The number of hydrogen-bond donors (Lipinski definition) is 0. The summed E-state index contributed by atoms with van der Waals surface area (Å²) in [7, 11) is 0. The van der Waals surface area contributed by atoms with Crippen molar-refractivity contribution in [2.75, 3.05) is 0 Å². The van der Waals surface area contributed by atoms with E-state index in [9.17, 15) is 0 Å². The molecule has 0 unspecified atom stereocenters. The average Bonchev–Trinajstić information content (AvgIpc) is 2.87. The predicted molar refractivity (Wildman–Crippen MR) is 59.7 cm³/mol. The maximum Gasteiger partial charge on any atom is 0.124 e. The van der Waals surface area contributed by atoms with Gasteiger partial charge in [0.1, 0.15) is 10.4 Å². The van der Waals surface area contributed by atoms with E-state index in [1.54, 1.807) is 0 Å². The molecule has 0 radical (unpaired) electrons. The number of rotatable bonds is 3. The molecular weight excluding hydrogens is 242 g/mol. The zero-order valence-electron chi connectivity index (χ0n) is 8.46. The van der Waals surface area contributed by atoms with Crippen LogP contribution in [0.3, 0.4) is 0 Å². The van der Waals surface area contributed by atoms with Gasteiger partial charge in [-0.15, -0.1) is 0 Å². The van der Waals surface area contributed by atoms with Crippen LogP contribution in [0, 0.1) is 0 Å². The molecule has 76 valence electrons. The van der Waals surface area contributed by atoms with Crippen LogP contribution in [0.25, 0.3) is 0 Å². The highest BCUT2D eigenvalue weighted by Crippen LogP contribution is 2.29. The molecule has 1 aliphatic rings. The van der Waals surface area contributed by atoms with Gasteiger partial charge in [0.2, 0.25) is 0 Å². The SMILES string of the molecule is CC(C)c1cc(OC2CC2)cc(Br)n1. The van der Waals surface area contributed by atoms with E-state index < -0.39 is 0 Å². The third kappa shape index (κ3) is 2.47. The van der Waals surface area contributed by atoms with Gasteiger partial charge in [-0.25, -0.2) is 4.98 Å². The first-order valence-electron chi connectivity index (χ1n) is 4.99. The van der Waals surface area contributed by atoms with Crippen molar-refractivity contribution >= 4 is 15.9 Å². The van der Waals surface area contributed by atoms with Crippen LogP contribution in [0.5, 0.6) is 5.75 Å². The summed E-state index contributed by atoms with van der Waals surface area (Å²) < 4.78 is 6.59. The lowest BCUT2D eigenvalue weighted by molar-refractivity contribution is 0.302. The first kappa shape index (κ1) is 9.97. The lowest BCUT2D eigenvalue weighted by Gasteiger charge is -2.09. The van der Waals surface area contributed by atoms with Crippen molar-refractivity contribution < 1.29 is 4.74 Å². The fraction of sp³-hybridized carbons (Fsp3) is 0.545. The van der Waals surface area contributed by atoms with Crippen LogP contribution >= 0.6 is 15.9 Å². The van der Waals surface area contributed by atoms with Gasteiger partial charge in [0.15, 0.2) is 0 Å². The summed E-state index contributed by atoms with van der Waals surface area (Å²) in [5, 5.41) is 0. The van der Waals surface area contributed by atoms with E-state index in [4.69, 9.17) is 4.74 Å². The lowest BCUT2D eigenvalue weighted by Crippen LogP contribution is -1.99. The van der Waals surface area contributed by atoms with Crippen LogP contribution in [-0.4, -0.2) is 11.1 Å². The Kier molecular flexibility index (Phi) is 2.77. The van der Waals surface area contributed by atoms with Crippen molar-refractivity contribution in [2.45, 2.75) is 38.7 Å². The molecule has 1 aliphatic carbocycles. The predicted octanol–water partition coefficient (Wildman–Crippen LogP) is 3.51. The second kappa shape index (κ2) is 3.89. The minimum atomic E-state index is 0.439. The van der Waals surface area contributed by atoms with Gasteiger partial charge < -0.3 is 4.74 Å². The zero-order chi connectivity index (χ0) is 10.1. The van der Waals surface area contributed by atoms with Crippen LogP contribution in [-0.2, 0) is 0 Å². The topological polar surface area (TPSA) is 22.1 Å². The van der Waals surface area contributed by atoms with Gasteiger partial charge in [0.05, 0.1) is 6.10 Å². The first-order chi connectivity index (χ1) is 6.65. The number of hydrogen-bond acceptors (Lipinski definition) is 2. The third-order valence-corrected chi connectivity index (χ3v) is 2.61. The molecule has 1 aromatic heterocycles. The van der Waals surface area contributed by atoms with Gasteiger partial charge >= 0.3 is 0 Å². The van der Waals surface area contributed by atoms with E-state index in [2.05, 4.69) is 34.8 Å². The van der Waals surface area contributed by atoms with Gasteiger partial charge in [0, 0.05) is 17.8 Å². The molecular formula is C11H14BrNO. The average molecular weight is 256 g/mol. The molecule has 2 rings (SSSR count). The molecule has 0 N–H and O–H groups in total. The highest BCUT2D eigenvalue weighted by Gasteiger charge is 2.23. The van der Waals surface area contributed by atoms with Crippen LogP contribution in [0.2, 0.25) is 0 Å². The molecule has 0 aliphatic heterocycles. The summed E-state index contributed by atoms with van der Waals surface area (Å²) in [5.41, 5.74) is 1.08. The highest BCUT2D eigenvalue weighted by molar-refractivity contribution is 9.10. The number of aromatic nitrogens is 1. The van der Waals surface area contributed by atoms with E-state index in [0.29, 0.717) is 12.0 Å². The van der Waals surface area contributed by atoms with Crippen molar-refractivity contribution in [3.05, 3.63) is 22.4 Å². The summed E-state index contributed by atoms with van der Waals surface area (Å²) in [6.45, 7) is 4.27. The number of ether oxygens (including phenoxy) is 1. The molecule has 0 amide bonds. The van der Waals surface area contributed by atoms with E-state index >= 15 is 0 Å². The Morgan fingerprint density at radius 3 is 2.71 bits per heavy atom. The molecule has 1 saturated carbocycles. The molecule has 0 aromatic carbocycles. The Bertz CT molecular complexity index is 334. The summed E-state index contributed by atoms with van der Waals surface area (Å²) in [6, 6.07) is 3.97. The fourth-order valence-corrected chi connectivity index (χ4v) is 1.67. The summed E-state index contributed by atoms with van der Waals surface area (Å²) in [5.74, 6) is 1.38. The second-order valence-corrected chi connectivity index (χ2v) is 4.83. The van der Waals surface area contributed by atoms with Crippen LogP contribution < -0.4 is 4.74 Å². The molecule has 1 fully saturated rings. The minimum absolute atomic E-state index is 0.439. The van der Waals surface area contributed by atoms with Crippen LogP contribution in [0.4, 0.5) is 0 Å². The van der Waals surface area contributed by atoms with Crippen molar-refractivity contribution in [2.24, 2.45) is 0 Å². The molecule has 0 spiro atoms. The second-order valence-electron chi connectivity index (χ2n) is 4.02. The van der Waals surface area contributed by atoms with E-state index in [1.807, 2.05) is 12.1 Å². The molecule has 0 bridgehead atoms. The van der Waals surface area contributed by atoms with Crippen molar-refractivity contribution in [1.82, 2.24) is 4.98 Å². The minimum Gasteiger partial charge on any atom is -0.490 e. The molecule has 2 nitrogen and oxygen atoms in total. The number of nitrogens with zero attached hydrogens (tertiary/aromatic N) is 1. The number of pyridine rings is 1. The van der Waals surface area contributed by atoms with Gasteiger partial charge in [-0.05, 0) is 34.7 Å². The van der Waals surface area contributed by atoms with Crippen LogP contribution in [0.1, 0.15) is 38.3 Å². The molecule has 0 atom stereocenters. The molecule has 14 heavy (non-hydrogen) atoms. The Hall–Kier alpha value is -0.570. The van der Waals surface area contributed by atoms with E-state index in [-0.39, 0.29) is 0 Å². The normalized spacial score (nSPS) is 16.0. The largest absolute Gasteiger partial charge is 0.490 e. The molecule has 1 aromatic rings. The fourth-order valence-electron chi connectivity index (χ4n) is 1.23. The van der Waals surface area contributed by atoms with Crippen molar-refractivity contribution in [1.29, 1.82) is 0 Å². The van der Waals surface area contributed by atoms with Crippen molar-refractivity contribution in [3.63, 3.8) is 0 Å². The molecule has 3 heteroatoms. The van der Waals surface area contributed by atoms with Gasteiger partial charge in [-0.3, -0.25) is 0 Å². The van der Waals surface area contributed by atoms with Gasteiger partial charge in [-0.2, -0.15) is 0 Å². The highest BCUT2D eigenvalue weighted by atomic mass is 79.9. The Morgan fingerprint density at radius 2 is 2.14 bits per heavy atom.